The fourth-order valence-electron chi connectivity index (χ4n) is 4.78. The lowest BCUT2D eigenvalue weighted by Crippen LogP contribution is -2.52. The van der Waals surface area contributed by atoms with Crippen LogP contribution in [0.15, 0.2) is 79.0 Å². The summed E-state index contributed by atoms with van der Waals surface area (Å²) < 4.78 is 15.1. The molecule has 0 saturated carbocycles. The summed E-state index contributed by atoms with van der Waals surface area (Å²) in [5.74, 6) is -0.441. The van der Waals surface area contributed by atoms with Crippen LogP contribution in [0, 0.1) is 5.82 Å². The summed E-state index contributed by atoms with van der Waals surface area (Å²) in [7, 11) is 0. The number of benzene rings is 3. The molecule has 1 aliphatic heterocycles. The summed E-state index contributed by atoms with van der Waals surface area (Å²) in [6, 6.07) is 20.8. The number of rotatable bonds is 5. The number of carbonyl (C=O) groups excluding carboxylic acids is 1. The van der Waals surface area contributed by atoms with Crippen molar-refractivity contribution < 1.29 is 19.1 Å². The fraction of sp³-hybridized carbons (Fsp3) is 0.192. The Kier molecular flexibility index (Phi) is 5.28. The minimum absolute atomic E-state index is 0.0719. The van der Waals surface area contributed by atoms with E-state index in [1.807, 2.05) is 55.5 Å². The van der Waals surface area contributed by atoms with Gasteiger partial charge in [0.05, 0.1) is 29.0 Å². The van der Waals surface area contributed by atoms with Crippen molar-refractivity contribution in [3.05, 3.63) is 95.9 Å². The number of nitrogens with one attached hydrogen (secondary N) is 1. The van der Waals surface area contributed by atoms with Gasteiger partial charge in [-0.1, -0.05) is 36.4 Å². The van der Waals surface area contributed by atoms with Gasteiger partial charge in [-0.15, -0.1) is 0 Å². The van der Waals surface area contributed by atoms with E-state index >= 15 is 0 Å². The number of halogens is 1. The van der Waals surface area contributed by atoms with Crippen LogP contribution in [0.3, 0.4) is 0 Å². The molecule has 1 aromatic heterocycles. The third kappa shape index (κ3) is 3.67. The van der Waals surface area contributed by atoms with Crippen LogP contribution < -0.4 is 5.32 Å². The lowest BCUT2D eigenvalue weighted by Gasteiger charge is -2.40. The number of carbonyl (C=O) groups is 2. The maximum absolute atomic E-state index is 13.4. The molecule has 0 spiro atoms. The zero-order valence-corrected chi connectivity index (χ0v) is 18.5. The number of hydrogen-bond acceptors (Lipinski definition) is 3. The van der Waals surface area contributed by atoms with E-state index in [4.69, 9.17) is 0 Å². The molecule has 1 aliphatic rings. The third-order valence-corrected chi connectivity index (χ3v) is 6.62. The maximum atomic E-state index is 13.4. The standard InChI is InChI=1S/C26H23FN4O3/c1-26(23(29-25(33)34)14-24(32)30(26)16-17-5-3-2-4-6-17)19-7-12-22-18(13-19)15-28-31(22)21-10-8-20(27)9-11-21/h2-13,15,23,29H,14,16H2,1H3,(H,33,34)/t23-,26+/m0/s1. The fourth-order valence-corrected chi connectivity index (χ4v) is 4.78. The van der Waals surface area contributed by atoms with Gasteiger partial charge in [0, 0.05) is 18.4 Å². The van der Waals surface area contributed by atoms with Crippen LogP contribution in [0.1, 0.15) is 24.5 Å². The molecule has 0 unspecified atom stereocenters. The molecule has 34 heavy (non-hydrogen) atoms. The predicted molar refractivity (Wildman–Crippen MR) is 125 cm³/mol. The Morgan fingerprint density at radius 2 is 1.88 bits per heavy atom. The first-order valence-corrected chi connectivity index (χ1v) is 10.9. The molecule has 7 nitrogen and oxygen atoms in total. The number of aromatic nitrogens is 2. The number of nitrogens with zero attached hydrogens (tertiary/aromatic N) is 3. The van der Waals surface area contributed by atoms with Crippen LogP contribution in [-0.4, -0.2) is 37.8 Å². The van der Waals surface area contributed by atoms with Gasteiger partial charge in [-0.2, -0.15) is 5.10 Å². The van der Waals surface area contributed by atoms with Gasteiger partial charge in [0.2, 0.25) is 5.91 Å². The Morgan fingerprint density at radius 1 is 1.15 bits per heavy atom. The van der Waals surface area contributed by atoms with Crippen molar-refractivity contribution in [3.63, 3.8) is 0 Å². The molecule has 2 N–H and O–H groups in total. The molecule has 2 heterocycles. The minimum atomic E-state index is -1.17. The monoisotopic (exact) mass is 458 g/mol. The second-order valence-corrected chi connectivity index (χ2v) is 8.63. The molecule has 4 aromatic rings. The van der Waals surface area contributed by atoms with Gasteiger partial charge in [-0.05, 0) is 54.4 Å². The van der Waals surface area contributed by atoms with Crippen molar-refractivity contribution in [2.45, 2.75) is 31.5 Å². The van der Waals surface area contributed by atoms with Gasteiger partial charge in [-0.3, -0.25) is 4.79 Å². The van der Waals surface area contributed by atoms with E-state index in [1.54, 1.807) is 27.9 Å². The Balaban J connectivity index is 1.58. The molecular formula is C26H23FN4O3. The molecule has 0 bridgehead atoms. The first-order chi connectivity index (χ1) is 16.4. The molecule has 3 aromatic carbocycles. The molecular weight excluding hydrogens is 435 g/mol. The Bertz CT molecular complexity index is 1370. The van der Waals surface area contributed by atoms with Crippen LogP contribution in [0.25, 0.3) is 16.6 Å². The third-order valence-electron chi connectivity index (χ3n) is 6.62. The highest BCUT2D eigenvalue weighted by atomic mass is 19.1. The lowest BCUT2D eigenvalue weighted by atomic mass is 9.84. The second kappa shape index (κ2) is 8.30. The van der Waals surface area contributed by atoms with Crippen LogP contribution >= 0.6 is 0 Å². The Hall–Kier alpha value is -4.20. The summed E-state index contributed by atoms with van der Waals surface area (Å²) in [6.07, 6.45) is 0.613. The van der Waals surface area contributed by atoms with Crippen LogP contribution in [0.2, 0.25) is 0 Å². The molecule has 2 atom stereocenters. The number of amides is 2. The highest BCUT2D eigenvalue weighted by Gasteiger charge is 2.51. The Morgan fingerprint density at radius 3 is 2.59 bits per heavy atom. The van der Waals surface area contributed by atoms with Gasteiger partial charge in [0.1, 0.15) is 5.82 Å². The van der Waals surface area contributed by atoms with E-state index in [0.717, 1.165) is 27.7 Å². The summed E-state index contributed by atoms with van der Waals surface area (Å²) in [5, 5.41) is 17.3. The summed E-state index contributed by atoms with van der Waals surface area (Å²) in [5.41, 5.74) is 2.41. The molecule has 2 amide bonds. The smallest absolute Gasteiger partial charge is 0.404 e. The summed E-state index contributed by atoms with van der Waals surface area (Å²) >= 11 is 0. The average Bonchev–Trinajstić information content (AvgIpc) is 3.35. The molecule has 172 valence electrons. The number of carboxylic acid groups (broad SMARTS) is 1. The van der Waals surface area contributed by atoms with Crippen LogP contribution in [-0.2, 0) is 16.9 Å². The van der Waals surface area contributed by atoms with Crippen LogP contribution in [0.5, 0.6) is 0 Å². The van der Waals surface area contributed by atoms with E-state index in [0.29, 0.717) is 6.54 Å². The first kappa shape index (κ1) is 21.6. The van der Waals surface area contributed by atoms with Crippen molar-refractivity contribution in [2.24, 2.45) is 0 Å². The average molecular weight is 458 g/mol. The molecule has 0 radical (unpaired) electrons. The lowest BCUT2D eigenvalue weighted by molar-refractivity contribution is -0.131. The highest BCUT2D eigenvalue weighted by Crippen LogP contribution is 2.41. The van der Waals surface area contributed by atoms with E-state index in [1.165, 1.54) is 12.1 Å². The quantitative estimate of drug-likeness (QED) is 0.463. The van der Waals surface area contributed by atoms with Gasteiger partial charge in [0.15, 0.2) is 0 Å². The van der Waals surface area contributed by atoms with Crippen molar-refractivity contribution in [1.29, 1.82) is 0 Å². The van der Waals surface area contributed by atoms with Crippen molar-refractivity contribution in [2.75, 3.05) is 0 Å². The molecule has 8 heteroatoms. The second-order valence-electron chi connectivity index (χ2n) is 8.63. The summed E-state index contributed by atoms with van der Waals surface area (Å²) in [6.45, 7) is 2.26. The number of likely N-dealkylation sites (tertiary alicyclic amines) is 1. The largest absolute Gasteiger partial charge is 0.465 e. The van der Waals surface area contributed by atoms with Gasteiger partial charge in [0.25, 0.3) is 0 Å². The van der Waals surface area contributed by atoms with E-state index in [2.05, 4.69) is 10.4 Å². The van der Waals surface area contributed by atoms with Crippen LogP contribution in [0.4, 0.5) is 9.18 Å². The first-order valence-electron chi connectivity index (χ1n) is 10.9. The van der Waals surface area contributed by atoms with Crippen molar-refractivity contribution >= 4 is 22.9 Å². The Labute approximate surface area is 195 Å². The molecule has 1 fully saturated rings. The van der Waals surface area contributed by atoms with E-state index < -0.39 is 17.7 Å². The normalized spacial score (nSPS) is 20.1. The number of hydrogen-bond donors (Lipinski definition) is 2. The topological polar surface area (TPSA) is 87.5 Å². The summed E-state index contributed by atoms with van der Waals surface area (Å²) in [4.78, 5) is 26.4. The van der Waals surface area contributed by atoms with Crippen molar-refractivity contribution in [1.82, 2.24) is 20.0 Å². The predicted octanol–water partition coefficient (Wildman–Crippen LogP) is 4.45. The highest BCUT2D eigenvalue weighted by molar-refractivity contribution is 5.85. The molecule has 1 saturated heterocycles. The maximum Gasteiger partial charge on any atom is 0.404 e. The minimum Gasteiger partial charge on any atom is -0.465 e. The molecule has 5 rings (SSSR count). The zero-order chi connectivity index (χ0) is 23.9. The number of fused-ring (bicyclic) bond motifs is 1. The molecule has 0 aliphatic carbocycles. The van der Waals surface area contributed by atoms with Crippen molar-refractivity contribution in [3.8, 4) is 5.69 Å². The van der Waals surface area contributed by atoms with E-state index in [9.17, 15) is 19.1 Å². The van der Waals surface area contributed by atoms with Gasteiger partial charge < -0.3 is 15.3 Å². The zero-order valence-electron chi connectivity index (χ0n) is 18.5. The van der Waals surface area contributed by atoms with E-state index in [-0.39, 0.29) is 18.1 Å². The van der Waals surface area contributed by atoms with Gasteiger partial charge in [-0.25, -0.2) is 13.9 Å². The van der Waals surface area contributed by atoms with Gasteiger partial charge >= 0.3 is 6.09 Å². The SMILES string of the molecule is C[C@@]1(c2ccc3c(cnn3-c3ccc(F)cc3)c2)[C@@H](NC(=O)O)CC(=O)N1Cc1ccccc1.